The lowest BCUT2D eigenvalue weighted by molar-refractivity contribution is -0.308. The number of fused-ring (bicyclic) bond motifs is 3. The molecule has 262 valence electrons. The fourth-order valence-electron chi connectivity index (χ4n) is 6.00. The fourth-order valence-corrected chi connectivity index (χ4v) is 6.00. The molecule has 4 aliphatic rings. The fraction of sp³-hybridized carbons (Fsp3) is 0.636. The van der Waals surface area contributed by atoms with Crippen LogP contribution in [-0.2, 0) is 33.3 Å². The number of esters is 1. The van der Waals surface area contributed by atoms with Crippen LogP contribution in [0.25, 0.3) is 0 Å². The number of cyclic esters (lactones) is 1. The Morgan fingerprint density at radius 3 is 2.36 bits per heavy atom. The van der Waals surface area contributed by atoms with Crippen LogP contribution >= 0.6 is 0 Å². The maximum atomic E-state index is 12.3. The SMILES string of the molecule is CC1CC=CC=CC=CC=CC(OC2OC(C)C(O)C(N)C2O)CC2OC(O)(CC(O)CC3OC3/C=C/C(=O)O1)CC(O)C2C(=O)O. The number of carboxylic acid groups (broad SMARTS) is 1. The van der Waals surface area contributed by atoms with Crippen molar-refractivity contribution in [2.45, 2.75) is 125 Å². The Kier molecular flexibility index (Phi) is 13.1. The van der Waals surface area contributed by atoms with Gasteiger partial charge in [-0.15, -0.1) is 0 Å². The molecular formula is C33H47NO13. The van der Waals surface area contributed by atoms with Gasteiger partial charge in [0.15, 0.2) is 12.1 Å². The van der Waals surface area contributed by atoms with Crippen LogP contribution in [0.15, 0.2) is 60.8 Å². The quantitative estimate of drug-likeness (QED) is 0.157. The van der Waals surface area contributed by atoms with Gasteiger partial charge in [0, 0.05) is 38.2 Å². The molecule has 0 amide bonds. The maximum absolute atomic E-state index is 12.3. The summed E-state index contributed by atoms with van der Waals surface area (Å²) in [5, 5.41) is 63.9. The van der Waals surface area contributed by atoms with E-state index in [-0.39, 0.29) is 25.4 Å². The van der Waals surface area contributed by atoms with E-state index < -0.39 is 97.3 Å². The smallest absolute Gasteiger partial charge is 0.330 e. The van der Waals surface area contributed by atoms with Crippen molar-refractivity contribution in [3.05, 3.63) is 60.8 Å². The number of hydrogen-bond acceptors (Lipinski definition) is 13. The molecule has 0 aliphatic carbocycles. The Morgan fingerprint density at radius 1 is 0.936 bits per heavy atom. The summed E-state index contributed by atoms with van der Waals surface area (Å²) in [6, 6.07) is -1.08. The minimum Gasteiger partial charge on any atom is -0.481 e. The van der Waals surface area contributed by atoms with E-state index in [0.29, 0.717) is 6.42 Å². The number of carbonyl (C=O) groups is 2. The van der Waals surface area contributed by atoms with E-state index in [1.807, 2.05) is 6.08 Å². The van der Waals surface area contributed by atoms with Gasteiger partial charge >= 0.3 is 11.9 Å². The van der Waals surface area contributed by atoms with Gasteiger partial charge in [-0.05, 0) is 19.9 Å². The number of nitrogens with two attached hydrogens (primary N) is 1. The van der Waals surface area contributed by atoms with Crippen molar-refractivity contribution in [3.63, 3.8) is 0 Å². The number of hydrogen-bond donors (Lipinski definition) is 7. The summed E-state index contributed by atoms with van der Waals surface area (Å²) in [7, 11) is 0. The molecule has 4 heterocycles. The highest BCUT2D eigenvalue weighted by Crippen LogP contribution is 2.39. The monoisotopic (exact) mass is 665 g/mol. The molecule has 47 heavy (non-hydrogen) atoms. The van der Waals surface area contributed by atoms with Gasteiger partial charge in [-0.3, -0.25) is 4.79 Å². The third-order valence-corrected chi connectivity index (χ3v) is 8.58. The molecular weight excluding hydrogens is 618 g/mol. The average Bonchev–Trinajstić information content (AvgIpc) is 3.72. The Bertz CT molecular complexity index is 1220. The summed E-state index contributed by atoms with van der Waals surface area (Å²) in [6.45, 7) is 3.34. The van der Waals surface area contributed by atoms with Gasteiger partial charge in [-0.2, -0.15) is 0 Å². The minimum atomic E-state index is -2.10. The Balaban J connectivity index is 1.58. The van der Waals surface area contributed by atoms with Crippen molar-refractivity contribution >= 4 is 11.9 Å². The molecule has 14 atom stereocenters. The van der Waals surface area contributed by atoms with Crippen molar-refractivity contribution in [1.82, 2.24) is 0 Å². The first-order valence-corrected chi connectivity index (χ1v) is 15.9. The number of aliphatic carboxylic acids is 1. The van der Waals surface area contributed by atoms with Gasteiger partial charge in [0.25, 0.3) is 0 Å². The first kappa shape index (κ1) is 37.1. The lowest BCUT2D eigenvalue weighted by atomic mass is 9.83. The molecule has 3 saturated heterocycles. The van der Waals surface area contributed by atoms with Gasteiger partial charge < -0.3 is 60.1 Å². The Hall–Kier alpha value is -2.76. The number of aliphatic hydroxyl groups excluding tert-OH is 4. The number of epoxide rings is 1. The second-order valence-corrected chi connectivity index (χ2v) is 12.6. The first-order chi connectivity index (χ1) is 22.3. The van der Waals surface area contributed by atoms with Crippen LogP contribution in [-0.4, -0.2) is 122 Å². The molecule has 0 aromatic heterocycles. The van der Waals surface area contributed by atoms with Crippen LogP contribution in [0, 0.1) is 5.92 Å². The molecule has 14 unspecified atom stereocenters. The highest BCUT2D eigenvalue weighted by Gasteiger charge is 2.51. The predicted molar refractivity (Wildman–Crippen MR) is 165 cm³/mol. The van der Waals surface area contributed by atoms with E-state index in [4.69, 9.17) is 29.4 Å². The van der Waals surface area contributed by atoms with Crippen molar-refractivity contribution in [2.75, 3.05) is 0 Å². The number of allylic oxidation sites excluding steroid dienone is 6. The largest absolute Gasteiger partial charge is 0.481 e. The molecule has 14 heteroatoms. The lowest BCUT2D eigenvalue weighted by Gasteiger charge is -2.45. The number of carboxylic acids is 1. The van der Waals surface area contributed by atoms with E-state index in [0.717, 1.165) is 0 Å². The Labute approximate surface area is 273 Å². The molecule has 0 radical (unpaired) electrons. The summed E-state index contributed by atoms with van der Waals surface area (Å²) >= 11 is 0. The molecule has 3 fully saturated rings. The molecule has 2 bridgehead atoms. The van der Waals surface area contributed by atoms with Crippen LogP contribution in [0.2, 0.25) is 0 Å². The van der Waals surface area contributed by atoms with Crippen LogP contribution in [0.1, 0.15) is 46.0 Å². The zero-order chi connectivity index (χ0) is 34.3. The number of carbonyl (C=O) groups excluding carboxylic acids is 1. The third-order valence-electron chi connectivity index (χ3n) is 8.58. The normalized spacial score (nSPS) is 44.5. The molecule has 14 nitrogen and oxygen atoms in total. The number of rotatable bonds is 3. The standard InChI is InChI=1S/C33H47NO13/c1-18-10-8-6-4-3-5-7-9-11-21(45-32-30(39)28(34)29(38)19(2)44-32)15-25-27(31(40)41)22(36)17-33(42,47-25)16-20(35)14-24-23(46-24)12-13-26(37)43-18/h3-9,11-13,18-25,27-30,32,35-36,38-39,42H,10,14-17,34H2,1-2H3,(H,40,41)/b4-3?,7-5?,8-6?,11-9?,13-12+. The average molecular weight is 666 g/mol. The van der Waals surface area contributed by atoms with E-state index in [2.05, 4.69) is 0 Å². The summed E-state index contributed by atoms with van der Waals surface area (Å²) in [5.41, 5.74) is 5.98. The van der Waals surface area contributed by atoms with Crippen LogP contribution in [0.3, 0.4) is 0 Å². The Morgan fingerprint density at radius 2 is 1.64 bits per heavy atom. The number of aliphatic hydroxyl groups is 5. The highest BCUT2D eigenvalue weighted by molar-refractivity contribution is 5.82. The van der Waals surface area contributed by atoms with Crippen molar-refractivity contribution < 1.29 is 63.9 Å². The highest BCUT2D eigenvalue weighted by atomic mass is 16.7. The molecule has 4 aliphatic heterocycles. The van der Waals surface area contributed by atoms with Crippen LogP contribution in [0.4, 0.5) is 0 Å². The van der Waals surface area contributed by atoms with Crippen molar-refractivity contribution in [3.8, 4) is 0 Å². The van der Waals surface area contributed by atoms with Crippen molar-refractivity contribution in [2.24, 2.45) is 11.7 Å². The lowest BCUT2D eigenvalue weighted by Crippen LogP contribution is -2.61. The van der Waals surface area contributed by atoms with Gasteiger partial charge in [-0.1, -0.05) is 48.6 Å². The second kappa shape index (κ2) is 16.6. The summed E-state index contributed by atoms with van der Waals surface area (Å²) in [4.78, 5) is 24.4. The van der Waals surface area contributed by atoms with E-state index in [1.165, 1.54) is 12.2 Å². The van der Waals surface area contributed by atoms with Gasteiger partial charge in [0.1, 0.15) is 24.2 Å². The van der Waals surface area contributed by atoms with Crippen LogP contribution in [0.5, 0.6) is 0 Å². The zero-order valence-electron chi connectivity index (χ0n) is 26.4. The van der Waals surface area contributed by atoms with E-state index in [1.54, 1.807) is 56.4 Å². The summed E-state index contributed by atoms with van der Waals surface area (Å²) in [5.74, 6) is -5.45. The first-order valence-electron chi connectivity index (χ1n) is 15.9. The molecule has 0 aromatic rings. The van der Waals surface area contributed by atoms with Crippen LogP contribution < -0.4 is 5.73 Å². The molecule has 4 rings (SSSR count). The molecule has 0 saturated carbocycles. The van der Waals surface area contributed by atoms with E-state index >= 15 is 0 Å². The molecule has 0 spiro atoms. The predicted octanol–water partition coefficient (Wildman–Crippen LogP) is 0.120. The van der Waals surface area contributed by atoms with E-state index in [9.17, 15) is 40.2 Å². The summed E-state index contributed by atoms with van der Waals surface area (Å²) in [6.07, 6.45) is 5.25. The number of ether oxygens (including phenoxy) is 5. The van der Waals surface area contributed by atoms with Gasteiger partial charge in [0.2, 0.25) is 0 Å². The summed E-state index contributed by atoms with van der Waals surface area (Å²) < 4.78 is 28.5. The van der Waals surface area contributed by atoms with Gasteiger partial charge in [-0.25, -0.2) is 4.79 Å². The zero-order valence-corrected chi connectivity index (χ0v) is 26.4. The minimum absolute atomic E-state index is 0.0789. The van der Waals surface area contributed by atoms with Gasteiger partial charge in [0.05, 0.1) is 48.8 Å². The second-order valence-electron chi connectivity index (χ2n) is 12.6. The van der Waals surface area contributed by atoms with Crippen molar-refractivity contribution in [1.29, 1.82) is 0 Å². The molecule has 0 aromatic carbocycles. The topological polar surface area (TPSA) is 231 Å². The maximum Gasteiger partial charge on any atom is 0.330 e. The third kappa shape index (κ3) is 10.6. The molecule has 8 N–H and O–H groups in total.